The topological polar surface area (TPSA) is 3.24 Å². The van der Waals surface area contributed by atoms with Crippen molar-refractivity contribution in [3.05, 3.63) is 127 Å². The van der Waals surface area contributed by atoms with E-state index in [2.05, 4.69) is 17.0 Å². The van der Waals surface area contributed by atoms with Gasteiger partial charge in [-0.3, -0.25) is 0 Å². The molecule has 2 aliphatic heterocycles. The van der Waals surface area contributed by atoms with Crippen LogP contribution in [-0.2, 0) is 6.18 Å². The minimum absolute atomic E-state index is 0.289. The number of alkyl halides is 3. The number of rotatable bonds is 3. The molecule has 7 heteroatoms. The molecule has 0 amide bonds. The van der Waals surface area contributed by atoms with Gasteiger partial charge in [-0.05, 0) is 51.0 Å². The Morgan fingerprint density at radius 3 is 1.82 bits per heavy atom. The lowest BCUT2D eigenvalue weighted by atomic mass is 9.34. The first-order valence-electron chi connectivity index (χ1n) is 12.5. The van der Waals surface area contributed by atoms with Crippen LogP contribution >= 0.6 is 11.6 Å². The van der Waals surface area contributed by atoms with E-state index in [1.807, 2.05) is 97.1 Å². The molecule has 5 aromatic carbocycles. The van der Waals surface area contributed by atoms with Crippen molar-refractivity contribution in [2.45, 2.75) is 11.1 Å². The molecule has 0 spiro atoms. The molecule has 2 heterocycles. The van der Waals surface area contributed by atoms with Crippen LogP contribution in [0.3, 0.4) is 0 Å². The fraction of sp³-hybridized carbons (Fsp3) is 0.0323. The fourth-order valence-corrected chi connectivity index (χ4v) is 7.06. The predicted octanol–water partition coefficient (Wildman–Crippen LogP) is 5.22. The number of benzene rings is 5. The highest BCUT2D eigenvalue weighted by Crippen LogP contribution is 2.41. The van der Waals surface area contributed by atoms with Gasteiger partial charge in [-0.15, -0.1) is 0 Å². The Hall–Kier alpha value is -3.83. The molecule has 182 valence electrons. The lowest BCUT2D eigenvalue weighted by Gasteiger charge is -2.43. The summed E-state index contributed by atoms with van der Waals surface area (Å²) in [5.74, 6) is -0.289. The van der Waals surface area contributed by atoms with Crippen molar-refractivity contribution in [2.75, 3.05) is 4.90 Å². The third-order valence-corrected chi connectivity index (χ3v) is 8.68. The minimum atomic E-state index is -4.46. The molecule has 38 heavy (non-hydrogen) atoms. The van der Waals surface area contributed by atoms with Crippen molar-refractivity contribution in [3.63, 3.8) is 0 Å². The summed E-state index contributed by atoms with van der Waals surface area (Å²) in [6.07, 6.45) is -4.46. The Morgan fingerprint density at radius 1 is 0.579 bits per heavy atom. The molecule has 2 aliphatic rings. The van der Waals surface area contributed by atoms with Crippen LogP contribution in [0.25, 0.3) is 0 Å². The van der Waals surface area contributed by atoms with Gasteiger partial charge in [0.05, 0.1) is 5.56 Å². The zero-order valence-corrected chi connectivity index (χ0v) is 21.0. The standard InChI is InChI=1S/C31H20B2F3NS/c34-31(35,36)21-19-26-30-27(20-21)33(38-23-13-5-2-6-14-23)25-16-8-10-18-29(25)37(30)28-17-9-7-15-24(28)32(26)22-11-3-1-4-12-22/h1-20H. The molecule has 0 N–H and O–H groups in total. The number of anilines is 3. The van der Waals surface area contributed by atoms with Gasteiger partial charge in [0.1, 0.15) is 0 Å². The summed E-state index contributed by atoms with van der Waals surface area (Å²) in [4.78, 5) is 3.19. The maximum Gasteiger partial charge on any atom is 0.416 e. The van der Waals surface area contributed by atoms with Crippen LogP contribution in [0, 0.1) is 0 Å². The van der Waals surface area contributed by atoms with E-state index in [1.54, 1.807) is 11.6 Å². The molecule has 7 rings (SSSR count). The molecule has 0 saturated carbocycles. The summed E-state index contributed by atoms with van der Waals surface area (Å²) in [5.41, 5.74) is 6.63. The smallest absolute Gasteiger partial charge is 0.312 e. The molecular weight excluding hydrogens is 497 g/mol. The van der Waals surface area contributed by atoms with Crippen molar-refractivity contribution in [1.82, 2.24) is 0 Å². The van der Waals surface area contributed by atoms with Gasteiger partial charge in [0, 0.05) is 17.1 Å². The summed E-state index contributed by atoms with van der Waals surface area (Å²) in [6, 6.07) is 38.7. The van der Waals surface area contributed by atoms with Gasteiger partial charge in [-0.2, -0.15) is 24.8 Å². The highest BCUT2D eigenvalue weighted by Gasteiger charge is 2.45. The lowest BCUT2D eigenvalue weighted by Crippen LogP contribution is -2.62. The zero-order chi connectivity index (χ0) is 25.9. The Balaban J connectivity index is 1.57. The van der Waals surface area contributed by atoms with Crippen molar-refractivity contribution in [2.24, 2.45) is 0 Å². The van der Waals surface area contributed by atoms with Crippen molar-refractivity contribution >= 4 is 68.7 Å². The molecule has 0 unspecified atom stereocenters. The van der Waals surface area contributed by atoms with E-state index in [0.717, 1.165) is 38.3 Å². The van der Waals surface area contributed by atoms with Gasteiger partial charge in [0.25, 0.3) is 5.99 Å². The van der Waals surface area contributed by atoms with E-state index in [4.69, 9.17) is 0 Å². The Kier molecular flexibility index (Phi) is 5.45. The molecule has 0 atom stereocenters. The van der Waals surface area contributed by atoms with E-state index in [-0.39, 0.29) is 12.7 Å². The molecule has 0 aromatic heterocycles. The van der Waals surface area contributed by atoms with E-state index in [0.29, 0.717) is 10.9 Å². The molecule has 0 fully saturated rings. The Morgan fingerprint density at radius 2 is 1.13 bits per heavy atom. The second-order valence-electron chi connectivity index (χ2n) is 9.61. The number of para-hydroxylation sites is 2. The van der Waals surface area contributed by atoms with Crippen LogP contribution in [0.2, 0.25) is 0 Å². The minimum Gasteiger partial charge on any atom is -0.312 e. The number of hydrogen-bond acceptors (Lipinski definition) is 2. The summed E-state index contributed by atoms with van der Waals surface area (Å²) in [5, 5.41) is 0. The number of halogens is 3. The Bertz CT molecular complexity index is 1660. The summed E-state index contributed by atoms with van der Waals surface area (Å²) in [6.45, 7) is -0.313. The SMILES string of the molecule is FC(F)(F)c1cc2c3c(c1)B(c1ccccc1)c1ccccc1N3c1ccccc1B2Sc1ccccc1. The first kappa shape index (κ1) is 23.3. The van der Waals surface area contributed by atoms with Gasteiger partial charge in [0.2, 0.25) is 6.71 Å². The molecule has 0 radical (unpaired) electrons. The monoisotopic (exact) mass is 517 g/mol. The van der Waals surface area contributed by atoms with E-state index in [9.17, 15) is 13.2 Å². The fourth-order valence-electron chi connectivity index (χ4n) is 5.84. The third-order valence-electron chi connectivity index (χ3n) is 7.39. The second kappa shape index (κ2) is 8.88. The van der Waals surface area contributed by atoms with E-state index >= 15 is 0 Å². The molecule has 0 bridgehead atoms. The van der Waals surface area contributed by atoms with Gasteiger partial charge >= 0.3 is 6.18 Å². The van der Waals surface area contributed by atoms with Crippen LogP contribution in [0.1, 0.15) is 5.56 Å². The molecule has 5 aromatic rings. The second-order valence-corrected chi connectivity index (χ2v) is 10.8. The highest BCUT2D eigenvalue weighted by atomic mass is 32.2. The quantitative estimate of drug-likeness (QED) is 0.297. The van der Waals surface area contributed by atoms with Crippen LogP contribution in [0.5, 0.6) is 0 Å². The van der Waals surface area contributed by atoms with Crippen molar-refractivity contribution in [3.8, 4) is 0 Å². The summed E-state index contributed by atoms with van der Waals surface area (Å²) < 4.78 is 43.3. The van der Waals surface area contributed by atoms with Crippen molar-refractivity contribution < 1.29 is 13.2 Å². The molecule has 1 nitrogen and oxygen atoms in total. The Labute approximate surface area is 224 Å². The maximum atomic E-state index is 14.4. The van der Waals surface area contributed by atoms with Crippen LogP contribution in [0.4, 0.5) is 30.2 Å². The summed E-state index contributed by atoms with van der Waals surface area (Å²) >= 11 is 1.60. The average Bonchev–Trinajstić information content (AvgIpc) is 2.94. The van der Waals surface area contributed by atoms with Crippen LogP contribution in [-0.4, -0.2) is 12.7 Å². The van der Waals surface area contributed by atoms with E-state index < -0.39 is 11.7 Å². The zero-order valence-electron chi connectivity index (χ0n) is 20.2. The van der Waals surface area contributed by atoms with E-state index in [1.165, 1.54) is 12.1 Å². The lowest BCUT2D eigenvalue weighted by molar-refractivity contribution is -0.137. The first-order chi connectivity index (χ1) is 18.5. The summed E-state index contributed by atoms with van der Waals surface area (Å²) in [7, 11) is 0. The van der Waals surface area contributed by atoms with Crippen LogP contribution < -0.4 is 32.2 Å². The van der Waals surface area contributed by atoms with Gasteiger partial charge in [-0.1, -0.05) is 103 Å². The molecular formula is C31H20B2F3NS. The highest BCUT2D eigenvalue weighted by molar-refractivity contribution is 8.28. The number of fused-ring (bicyclic) bond motifs is 4. The molecule has 0 saturated heterocycles. The average molecular weight is 517 g/mol. The normalized spacial score (nSPS) is 13.6. The van der Waals surface area contributed by atoms with Crippen molar-refractivity contribution in [1.29, 1.82) is 0 Å². The number of nitrogens with zero attached hydrogens (tertiary/aromatic N) is 1. The predicted molar refractivity (Wildman–Crippen MR) is 155 cm³/mol. The maximum absolute atomic E-state index is 14.4. The van der Waals surface area contributed by atoms with Gasteiger partial charge in [-0.25, -0.2) is 0 Å². The number of hydrogen-bond donors (Lipinski definition) is 0. The third kappa shape index (κ3) is 3.68. The molecule has 0 aliphatic carbocycles. The van der Waals surface area contributed by atoms with Gasteiger partial charge < -0.3 is 4.90 Å². The van der Waals surface area contributed by atoms with Crippen LogP contribution in [0.15, 0.2) is 126 Å². The largest absolute Gasteiger partial charge is 0.416 e. The first-order valence-corrected chi connectivity index (χ1v) is 13.4. The van der Waals surface area contributed by atoms with Gasteiger partial charge in [0.15, 0.2) is 0 Å².